The molecule has 19 heavy (non-hydrogen) atoms. The Labute approximate surface area is 119 Å². The maximum absolute atomic E-state index is 11.2. The summed E-state index contributed by atoms with van der Waals surface area (Å²) in [4.78, 5) is 11.2. The zero-order chi connectivity index (χ0) is 14.0. The van der Waals surface area contributed by atoms with Gasteiger partial charge in [0, 0.05) is 11.6 Å². The SMILES string of the molecule is CC1CCC(C)C(Nc2cc(C(N)=O)ccc2Cl)C1. The number of carbonyl (C=O) groups excluding carboxylic acids is 1. The monoisotopic (exact) mass is 280 g/mol. The van der Waals surface area contributed by atoms with Crippen molar-refractivity contribution in [2.45, 2.75) is 39.2 Å². The minimum atomic E-state index is -0.426. The number of nitrogens with one attached hydrogen (secondary N) is 1. The van der Waals surface area contributed by atoms with Crippen molar-refractivity contribution in [2.24, 2.45) is 17.6 Å². The molecule has 1 saturated carbocycles. The third-order valence-corrected chi connectivity index (χ3v) is 4.38. The molecule has 0 radical (unpaired) electrons. The van der Waals surface area contributed by atoms with Crippen LogP contribution in [-0.2, 0) is 0 Å². The molecule has 3 atom stereocenters. The molecule has 1 amide bonds. The van der Waals surface area contributed by atoms with Crippen molar-refractivity contribution in [1.29, 1.82) is 0 Å². The molecule has 1 aliphatic rings. The summed E-state index contributed by atoms with van der Waals surface area (Å²) in [6.45, 7) is 4.54. The maximum atomic E-state index is 11.2. The molecule has 0 heterocycles. The molecular weight excluding hydrogens is 260 g/mol. The zero-order valence-electron chi connectivity index (χ0n) is 11.4. The first-order valence-electron chi connectivity index (χ1n) is 6.83. The van der Waals surface area contributed by atoms with Crippen LogP contribution < -0.4 is 11.1 Å². The zero-order valence-corrected chi connectivity index (χ0v) is 12.2. The van der Waals surface area contributed by atoms with Crippen LogP contribution in [0, 0.1) is 11.8 Å². The molecule has 2 rings (SSSR count). The van der Waals surface area contributed by atoms with Crippen LogP contribution in [0.15, 0.2) is 18.2 Å². The van der Waals surface area contributed by atoms with Gasteiger partial charge in [0.25, 0.3) is 0 Å². The molecule has 3 unspecified atom stereocenters. The van der Waals surface area contributed by atoms with Crippen LogP contribution in [0.25, 0.3) is 0 Å². The minimum Gasteiger partial charge on any atom is -0.381 e. The van der Waals surface area contributed by atoms with E-state index in [1.54, 1.807) is 18.2 Å². The molecule has 0 spiro atoms. The van der Waals surface area contributed by atoms with E-state index in [4.69, 9.17) is 17.3 Å². The Kier molecular flexibility index (Phi) is 4.35. The molecule has 4 heteroatoms. The summed E-state index contributed by atoms with van der Waals surface area (Å²) in [5, 5.41) is 4.12. The molecule has 0 aromatic heterocycles. The van der Waals surface area contributed by atoms with E-state index < -0.39 is 5.91 Å². The maximum Gasteiger partial charge on any atom is 0.248 e. The topological polar surface area (TPSA) is 55.1 Å². The highest BCUT2D eigenvalue weighted by Gasteiger charge is 2.25. The van der Waals surface area contributed by atoms with Crippen LogP contribution in [0.4, 0.5) is 5.69 Å². The third kappa shape index (κ3) is 3.41. The Balaban J connectivity index is 2.17. The predicted molar refractivity (Wildman–Crippen MR) is 79.6 cm³/mol. The Bertz CT molecular complexity index is 475. The summed E-state index contributed by atoms with van der Waals surface area (Å²) in [6, 6.07) is 5.53. The van der Waals surface area contributed by atoms with E-state index in [0.717, 1.165) is 18.0 Å². The van der Waals surface area contributed by atoms with Crippen molar-refractivity contribution in [2.75, 3.05) is 5.32 Å². The highest BCUT2D eigenvalue weighted by molar-refractivity contribution is 6.33. The van der Waals surface area contributed by atoms with E-state index in [0.29, 0.717) is 22.5 Å². The van der Waals surface area contributed by atoms with Crippen molar-refractivity contribution in [3.63, 3.8) is 0 Å². The van der Waals surface area contributed by atoms with Crippen LogP contribution in [-0.4, -0.2) is 11.9 Å². The average molecular weight is 281 g/mol. The fourth-order valence-electron chi connectivity index (χ4n) is 2.72. The number of carbonyl (C=O) groups is 1. The van der Waals surface area contributed by atoms with Crippen molar-refractivity contribution >= 4 is 23.2 Å². The second-order valence-corrected chi connectivity index (χ2v) is 6.11. The Morgan fingerprint density at radius 1 is 1.37 bits per heavy atom. The number of hydrogen-bond acceptors (Lipinski definition) is 2. The van der Waals surface area contributed by atoms with Gasteiger partial charge < -0.3 is 11.1 Å². The lowest BCUT2D eigenvalue weighted by Crippen LogP contribution is -2.33. The average Bonchev–Trinajstić information content (AvgIpc) is 2.36. The van der Waals surface area contributed by atoms with Crippen molar-refractivity contribution in [3.8, 4) is 0 Å². The fourth-order valence-corrected chi connectivity index (χ4v) is 2.89. The molecule has 3 N–H and O–H groups in total. The smallest absolute Gasteiger partial charge is 0.248 e. The molecule has 1 aromatic carbocycles. The third-order valence-electron chi connectivity index (χ3n) is 4.05. The van der Waals surface area contributed by atoms with Crippen molar-refractivity contribution < 1.29 is 4.79 Å². The lowest BCUT2D eigenvalue weighted by Gasteiger charge is -2.34. The molecule has 104 valence electrons. The number of anilines is 1. The molecule has 0 saturated heterocycles. The predicted octanol–water partition coefficient (Wildman–Crippen LogP) is 3.68. The highest BCUT2D eigenvalue weighted by Crippen LogP contribution is 2.32. The van der Waals surface area contributed by atoms with Gasteiger partial charge in [-0.2, -0.15) is 0 Å². The van der Waals surface area contributed by atoms with Crippen LogP contribution in [0.2, 0.25) is 5.02 Å². The second-order valence-electron chi connectivity index (χ2n) is 5.71. The van der Waals surface area contributed by atoms with E-state index >= 15 is 0 Å². The quantitative estimate of drug-likeness (QED) is 0.887. The molecule has 0 aliphatic heterocycles. The fraction of sp³-hybridized carbons (Fsp3) is 0.533. The summed E-state index contributed by atoms with van der Waals surface area (Å²) < 4.78 is 0. The summed E-state index contributed by atoms with van der Waals surface area (Å²) >= 11 is 6.19. The van der Waals surface area contributed by atoms with E-state index in [2.05, 4.69) is 19.2 Å². The van der Waals surface area contributed by atoms with Gasteiger partial charge in [-0.15, -0.1) is 0 Å². The van der Waals surface area contributed by atoms with Gasteiger partial charge in [-0.25, -0.2) is 0 Å². The van der Waals surface area contributed by atoms with E-state index in [-0.39, 0.29) is 0 Å². The van der Waals surface area contributed by atoms with Crippen LogP contribution in [0.5, 0.6) is 0 Å². The first-order valence-corrected chi connectivity index (χ1v) is 7.21. The Morgan fingerprint density at radius 2 is 2.11 bits per heavy atom. The number of halogens is 1. The summed E-state index contributed by atoms with van der Waals surface area (Å²) in [6.07, 6.45) is 3.65. The number of hydrogen-bond donors (Lipinski definition) is 2. The number of nitrogens with two attached hydrogens (primary N) is 1. The Morgan fingerprint density at radius 3 is 2.79 bits per heavy atom. The second kappa shape index (κ2) is 5.83. The standard InChI is InChI=1S/C15H21ClN2O/c1-9-3-4-10(2)13(7-9)18-14-8-11(15(17)19)5-6-12(14)16/h5-6,8-10,13,18H,3-4,7H2,1-2H3,(H2,17,19). The first-order chi connectivity index (χ1) is 8.97. The Hall–Kier alpha value is -1.22. The van der Waals surface area contributed by atoms with E-state index in [9.17, 15) is 4.79 Å². The minimum absolute atomic E-state index is 0.407. The van der Waals surface area contributed by atoms with Crippen molar-refractivity contribution in [3.05, 3.63) is 28.8 Å². The van der Waals surface area contributed by atoms with Gasteiger partial charge >= 0.3 is 0 Å². The normalized spacial score (nSPS) is 27.0. The van der Waals surface area contributed by atoms with Gasteiger partial charge in [0.15, 0.2) is 0 Å². The van der Waals surface area contributed by atoms with E-state index in [1.165, 1.54) is 12.8 Å². The van der Waals surface area contributed by atoms with Gasteiger partial charge in [-0.05, 0) is 42.9 Å². The van der Waals surface area contributed by atoms with Crippen molar-refractivity contribution in [1.82, 2.24) is 0 Å². The molecule has 1 aromatic rings. The van der Waals surface area contributed by atoms with Gasteiger partial charge in [0.1, 0.15) is 0 Å². The molecule has 1 aliphatic carbocycles. The van der Waals surface area contributed by atoms with Crippen LogP contribution >= 0.6 is 11.6 Å². The van der Waals surface area contributed by atoms with Gasteiger partial charge in [0.2, 0.25) is 5.91 Å². The van der Waals surface area contributed by atoms with Crippen LogP contribution in [0.3, 0.4) is 0 Å². The molecule has 3 nitrogen and oxygen atoms in total. The van der Waals surface area contributed by atoms with Gasteiger partial charge in [-0.1, -0.05) is 31.9 Å². The lowest BCUT2D eigenvalue weighted by molar-refractivity contribution is 0.100. The number of benzene rings is 1. The summed E-state index contributed by atoms with van der Waals surface area (Å²) in [5.74, 6) is 0.918. The number of amides is 1. The van der Waals surface area contributed by atoms with Crippen LogP contribution in [0.1, 0.15) is 43.5 Å². The number of rotatable bonds is 3. The largest absolute Gasteiger partial charge is 0.381 e. The molecule has 0 bridgehead atoms. The first kappa shape index (κ1) is 14.2. The molecule has 1 fully saturated rings. The molecular formula is C15H21ClN2O. The van der Waals surface area contributed by atoms with Gasteiger partial charge in [-0.3, -0.25) is 4.79 Å². The number of primary amides is 1. The summed E-state index contributed by atoms with van der Waals surface area (Å²) in [7, 11) is 0. The van der Waals surface area contributed by atoms with E-state index in [1.807, 2.05) is 0 Å². The lowest BCUT2D eigenvalue weighted by atomic mass is 9.80. The highest BCUT2D eigenvalue weighted by atomic mass is 35.5. The summed E-state index contributed by atoms with van der Waals surface area (Å²) in [5.41, 5.74) is 6.60. The van der Waals surface area contributed by atoms with Gasteiger partial charge in [0.05, 0.1) is 10.7 Å².